The van der Waals surface area contributed by atoms with Crippen LogP contribution in [0.5, 0.6) is 5.75 Å². The van der Waals surface area contributed by atoms with Crippen molar-refractivity contribution in [2.24, 2.45) is 5.73 Å². The van der Waals surface area contributed by atoms with E-state index in [0.29, 0.717) is 16.3 Å². The minimum atomic E-state index is -0.950. The second-order valence-corrected chi connectivity index (χ2v) is 3.92. The van der Waals surface area contributed by atoms with Crippen LogP contribution in [0.4, 0.5) is 0 Å². The number of carboxylic acid groups (broad SMARTS) is 1. The number of halogens is 1. The average molecular weight is 244 g/mol. The molecule has 1 unspecified atom stereocenters. The number of nitrogens with two attached hydrogens (primary N) is 1. The predicted octanol–water partition coefficient (Wildman–Crippen LogP) is 2.13. The fourth-order valence-electron chi connectivity index (χ4n) is 1.63. The fourth-order valence-corrected chi connectivity index (χ4v) is 1.87. The van der Waals surface area contributed by atoms with Gasteiger partial charge < -0.3 is 15.6 Å². The quantitative estimate of drug-likeness (QED) is 0.850. The van der Waals surface area contributed by atoms with E-state index in [1.165, 1.54) is 7.11 Å². The number of benzene rings is 1. The monoisotopic (exact) mass is 243 g/mol. The summed E-state index contributed by atoms with van der Waals surface area (Å²) in [7, 11) is 1.48. The summed E-state index contributed by atoms with van der Waals surface area (Å²) in [4.78, 5) is 10.6. The molecule has 0 fully saturated rings. The number of rotatable bonds is 4. The lowest BCUT2D eigenvalue weighted by molar-refractivity contribution is -0.137. The van der Waals surface area contributed by atoms with Crippen LogP contribution in [0, 0.1) is 6.92 Å². The Morgan fingerprint density at radius 2 is 2.25 bits per heavy atom. The maximum Gasteiger partial charge on any atom is 0.305 e. The molecular weight excluding hydrogens is 230 g/mol. The molecule has 1 rings (SSSR count). The Morgan fingerprint density at radius 1 is 1.62 bits per heavy atom. The number of carboxylic acids is 1. The first kappa shape index (κ1) is 12.8. The molecule has 0 amide bonds. The van der Waals surface area contributed by atoms with Crippen LogP contribution in [0.25, 0.3) is 0 Å². The topological polar surface area (TPSA) is 72.5 Å². The van der Waals surface area contributed by atoms with E-state index >= 15 is 0 Å². The lowest BCUT2D eigenvalue weighted by Crippen LogP contribution is -2.17. The summed E-state index contributed by atoms with van der Waals surface area (Å²) in [6.07, 6.45) is -0.155. The summed E-state index contributed by atoms with van der Waals surface area (Å²) in [5.74, 6) is -0.496. The van der Waals surface area contributed by atoms with Crippen molar-refractivity contribution in [2.75, 3.05) is 7.11 Å². The van der Waals surface area contributed by atoms with E-state index < -0.39 is 12.0 Å². The van der Waals surface area contributed by atoms with Gasteiger partial charge >= 0.3 is 5.97 Å². The first-order valence-corrected chi connectivity index (χ1v) is 5.15. The molecule has 0 saturated heterocycles. The number of aliphatic carboxylic acids is 1. The molecule has 0 heterocycles. The predicted molar refractivity (Wildman–Crippen MR) is 61.9 cm³/mol. The second kappa shape index (κ2) is 5.18. The van der Waals surface area contributed by atoms with Gasteiger partial charge in [0.2, 0.25) is 0 Å². The van der Waals surface area contributed by atoms with Gasteiger partial charge in [-0.3, -0.25) is 4.79 Å². The Balaban J connectivity index is 3.19. The van der Waals surface area contributed by atoms with Crippen molar-refractivity contribution in [2.45, 2.75) is 19.4 Å². The molecule has 88 valence electrons. The van der Waals surface area contributed by atoms with E-state index in [1.54, 1.807) is 12.1 Å². The van der Waals surface area contributed by atoms with Crippen LogP contribution in [0.2, 0.25) is 5.02 Å². The summed E-state index contributed by atoms with van der Waals surface area (Å²) in [5.41, 5.74) is 7.34. The molecule has 4 nitrogen and oxygen atoms in total. The third kappa shape index (κ3) is 2.65. The zero-order valence-electron chi connectivity index (χ0n) is 9.16. The highest BCUT2D eigenvalue weighted by atomic mass is 35.5. The van der Waals surface area contributed by atoms with E-state index in [9.17, 15) is 4.79 Å². The van der Waals surface area contributed by atoms with Crippen molar-refractivity contribution in [3.63, 3.8) is 0 Å². The van der Waals surface area contributed by atoms with Gasteiger partial charge in [0.25, 0.3) is 0 Å². The number of methoxy groups -OCH3 is 1. The van der Waals surface area contributed by atoms with Gasteiger partial charge in [0.1, 0.15) is 5.75 Å². The van der Waals surface area contributed by atoms with E-state index in [-0.39, 0.29) is 6.42 Å². The highest BCUT2D eigenvalue weighted by Gasteiger charge is 2.19. The van der Waals surface area contributed by atoms with Crippen LogP contribution >= 0.6 is 11.6 Å². The molecule has 1 aromatic rings. The highest BCUT2D eigenvalue weighted by molar-refractivity contribution is 6.32. The molecule has 0 saturated carbocycles. The molecule has 0 aromatic heterocycles. The van der Waals surface area contributed by atoms with Gasteiger partial charge in [-0.05, 0) is 18.6 Å². The van der Waals surface area contributed by atoms with E-state index in [1.807, 2.05) is 6.92 Å². The van der Waals surface area contributed by atoms with Gasteiger partial charge in [-0.2, -0.15) is 0 Å². The minimum absolute atomic E-state index is 0.155. The normalized spacial score (nSPS) is 12.2. The molecule has 0 aliphatic carbocycles. The summed E-state index contributed by atoms with van der Waals surface area (Å²) in [6.45, 7) is 1.84. The first-order chi connectivity index (χ1) is 7.47. The largest absolute Gasteiger partial charge is 0.495 e. The van der Waals surface area contributed by atoms with Crippen LogP contribution in [0.3, 0.4) is 0 Å². The molecule has 0 aliphatic rings. The number of carbonyl (C=O) groups is 1. The van der Waals surface area contributed by atoms with Crippen LogP contribution < -0.4 is 10.5 Å². The van der Waals surface area contributed by atoms with Crippen molar-refractivity contribution in [3.8, 4) is 5.75 Å². The van der Waals surface area contributed by atoms with Gasteiger partial charge in [0.15, 0.2) is 0 Å². The van der Waals surface area contributed by atoms with Crippen LogP contribution in [-0.2, 0) is 4.79 Å². The van der Waals surface area contributed by atoms with Crippen molar-refractivity contribution >= 4 is 17.6 Å². The molecular formula is C11H14ClNO3. The van der Waals surface area contributed by atoms with Crippen LogP contribution in [0.15, 0.2) is 12.1 Å². The van der Waals surface area contributed by atoms with Crippen molar-refractivity contribution in [1.82, 2.24) is 0 Å². The highest BCUT2D eigenvalue weighted by Crippen LogP contribution is 2.35. The molecule has 3 N–H and O–H groups in total. The molecule has 16 heavy (non-hydrogen) atoms. The zero-order chi connectivity index (χ0) is 12.3. The van der Waals surface area contributed by atoms with Crippen molar-refractivity contribution in [1.29, 1.82) is 0 Å². The summed E-state index contributed by atoms with van der Waals surface area (Å²) in [6, 6.07) is 2.88. The van der Waals surface area contributed by atoms with E-state index in [2.05, 4.69) is 0 Å². The third-order valence-electron chi connectivity index (χ3n) is 2.34. The Morgan fingerprint density at radius 3 is 2.75 bits per heavy atom. The smallest absolute Gasteiger partial charge is 0.305 e. The van der Waals surface area contributed by atoms with Crippen LogP contribution in [-0.4, -0.2) is 18.2 Å². The molecule has 0 bridgehead atoms. The van der Waals surface area contributed by atoms with Crippen LogP contribution in [0.1, 0.15) is 23.6 Å². The van der Waals surface area contributed by atoms with E-state index in [4.69, 9.17) is 27.2 Å². The Bertz CT molecular complexity index is 406. The Labute approximate surface area is 99.0 Å². The van der Waals surface area contributed by atoms with Gasteiger partial charge in [0.05, 0.1) is 18.6 Å². The molecule has 0 aliphatic heterocycles. The van der Waals surface area contributed by atoms with Gasteiger partial charge in [-0.1, -0.05) is 17.7 Å². The lowest BCUT2D eigenvalue weighted by Gasteiger charge is -2.17. The lowest BCUT2D eigenvalue weighted by atomic mass is 9.98. The molecule has 1 aromatic carbocycles. The maximum atomic E-state index is 10.6. The van der Waals surface area contributed by atoms with Gasteiger partial charge in [0, 0.05) is 11.6 Å². The zero-order valence-corrected chi connectivity index (χ0v) is 9.91. The van der Waals surface area contributed by atoms with Gasteiger partial charge in [-0.25, -0.2) is 0 Å². The fraction of sp³-hybridized carbons (Fsp3) is 0.364. The summed E-state index contributed by atoms with van der Waals surface area (Å²) in [5, 5.41) is 9.15. The molecule has 5 heteroatoms. The Hall–Kier alpha value is -1.26. The standard InChI is InChI=1S/C11H14ClNO3/c1-6-3-4-7(12)11(16-2)10(6)8(13)5-9(14)15/h3-4,8H,5,13H2,1-2H3,(H,14,15). The maximum absolute atomic E-state index is 10.6. The van der Waals surface area contributed by atoms with Gasteiger partial charge in [-0.15, -0.1) is 0 Å². The first-order valence-electron chi connectivity index (χ1n) is 4.77. The SMILES string of the molecule is COc1c(Cl)ccc(C)c1C(N)CC(=O)O. The Kier molecular flexibility index (Phi) is 4.15. The van der Waals surface area contributed by atoms with E-state index in [0.717, 1.165) is 5.56 Å². The summed E-state index contributed by atoms with van der Waals surface area (Å²) >= 11 is 5.95. The average Bonchev–Trinajstić information content (AvgIpc) is 2.19. The molecule has 0 radical (unpaired) electrons. The second-order valence-electron chi connectivity index (χ2n) is 3.52. The molecule has 0 spiro atoms. The number of hydrogen-bond acceptors (Lipinski definition) is 3. The number of ether oxygens (including phenoxy) is 1. The van der Waals surface area contributed by atoms with Crippen molar-refractivity contribution in [3.05, 3.63) is 28.3 Å². The minimum Gasteiger partial charge on any atom is -0.495 e. The number of hydrogen-bond donors (Lipinski definition) is 2. The number of aryl methyl sites for hydroxylation is 1. The third-order valence-corrected chi connectivity index (χ3v) is 2.63. The summed E-state index contributed by atoms with van der Waals surface area (Å²) < 4.78 is 5.15. The van der Waals surface area contributed by atoms with Crippen molar-refractivity contribution < 1.29 is 14.6 Å². The molecule has 1 atom stereocenters.